The number of amides is 1. The summed E-state index contributed by atoms with van der Waals surface area (Å²) in [5, 5.41) is 4.25. The molecule has 1 aromatic rings. The third-order valence-corrected chi connectivity index (χ3v) is 2.28. The van der Waals surface area contributed by atoms with E-state index >= 15 is 0 Å². The van der Waals surface area contributed by atoms with Crippen molar-refractivity contribution >= 4 is 29.4 Å². The van der Waals surface area contributed by atoms with Gasteiger partial charge in [-0.15, -0.1) is 11.3 Å². The highest BCUT2D eigenvalue weighted by molar-refractivity contribution is 7.12. The molecular weight excluding hydrogens is 214 g/mol. The van der Waals surface area contributed by atoms with E-state index in [1.165, 1.54) is 11.3 Å². The molecule has 15 heavy (non-hydrogen) atoms. The first-order valence-corrected chi connectivity index (χ1v) is 5.33. The van der Waals surface area contributed by atoms with Gasteiger partial charge in [0.15, 0.2) is 6.29 Å². The van der Waals surface area contributed by atoms with E-state index in [4.69, 9.17) is 4.74 Å². The molecule has 82 valence electrons. The SMILES string of the molecule is CC(C)(C)OC(=O)Nc1ccsc1C=O. The summed E-state index contributed by atoms with van der Waals surface area (Å²) in [6, 6.07) is 1.66. The number of rotatable bonds is 2. The Morgan fingerprint density at radius 3 is 2.73 bits per heavy atom. The van der Waals surface area contributed by atoms with Crippen molar-refractivity contribution in [1.82, 2.24) is 0 Å². The number of aldehydes is 1. The van der Waals surface area contributed by atoms with Crippen LogP contribution in [0, 0.1) is 0 Å². The fourth-order valence-corrected chi connectivity index (χ4v) is 1.58. The molecule has 0 aliphatic carbocycles. The minimum Gasteiger partial charge on any atom is -0.444 e. The lowest BCUT2D eigenvalue weighted by Crippen LogP contribution is -2.27. The van der Waals surface area contributed by atoms with Crippen molar-refractivity contribution in [2.75, 3.05) is 5.32 Å². The van der Waals surface area contributed by atoms with Gasteiger partial charge in [0, 0.05) is 0 Å². The second-order valence-corrected chi connectivity index (χ2v) is 4.89. The van der Waals surface area contributed by atoms with E-state index in [9.17, 15) is 9.59 Å². The average molecular weight is 227 g/mol. The van der Waals surface area contributed by atoms with Crippen LogP contribution in [0.25, 0.3) is 0 Å². The molecule has 0 aromatic carbocycles. The second-order valence-electron chi connectivity index (χ2n) is 3.94. The maximum absolute atomic E-state index is 11.3. The molecule has 0 spiro atoms. The molecule has 0 aliphatic rings. The molecule has 0 saturated heterocycles. The Labute approximate surface area is 92.2 Å². The molecule has 0 bridgehead atoms. The lowest BCUT2D eigenvalue weighted by Gasteiger charge is -2.19. The van der Waals surface area contributed by atoms with Gasteiger partial charge in [0.25, 0.3) is 0 Å². The maximum atomic E-state index is 11.3. The zero-order valence-electron chi connectivity index (χ0n) is 8.87. The minimum atomic E-state index is -0.552. The number of thiophene rings is 1. The van der Waals surface area contributed by atoms with Crippen LogP contribution in [0.2, 0.25) is 0 Å². The summed E-state index contributed by atoms with van der Waals surface area (Å²) in [5.41, 5.74) is -0.0502. The molecule has 4 nitrogen and oxygen atoms in total. The first kappa shape index (κ1) is 11.7. The highest BCUT2D eigenvalue weighted by atomic mass is 32.1. The van der Waals surface area contributed by atoms with Gasteiger partial charge in [-0.25, -0.2) is 4.79 Å². The Hall–Kier alpha value is -1.36. The van der Waals surface area contributed by atoms with Crippen LogP contribution in [-0.4, -0.2) is 18.0 Å². The van der Waals surface area contributed by atoms with E-state index in [-0.39, 0.29) is 0 Å². The first-order valence-electron chi connectivity index (χ1n) is 4.45. The van der Waals surface area contributed by atoms with Gasteiger partial charge in [-0.3, -0.25) is 10.1 Å². The van der Waals surface area contributed by atoms with Gasteiger partial charge >= 0.3 is 6.09 Å². The molecule has 0 atom stereocenters. The molecule has 0 fully saturated rings. The van der Waals surface area contributed by atoms with Gasteiger partial charge in [0.05, 0.1) is 10.6 Å². The van der Waals surface area contributed by atoms with E-state index in [1.54, 1.807) is 32.2 Å². The predicted octanol–water partition coefficient (Wildman–Crippen LogP) is 2.91. The van der Waals surface area contributed by atoms with Crippen molar-refractivity contribution in [2.24, 2.45) is 0 Å². The highest BCUT2D eigenvalue weighted by Crippen LogP contribution is 2.20. The zero-order chi connectivity index (χ0) is 11.5. The normalized spacial score (nSPS) is 10.9. The molecule has 1 aromatic heterocycles. The van der Waals surface area contributed by atoms with E-state index in [1.807, 2.05) is 0 Å². The third-order valence-electron chi connectivity index (χ3n) is 1.44. The minimum absolute atomic E-state index is 0.487. The van der Waals surface area contributed by atoms with Crippen LogP contribution in [0.1, 0.15) is 30.4 Å². The topological polar surface area (TPSA) is 55.4 Å². The average Bonchev–Trinajstić information content (AvgIpc) is 2.48. The Bertz CT molecular complexity index is 365. The fourth-order valence-electron chi connectivity index (χ4n) is 0.929. The van der Waals surface area contributed by atoms with Crippen molar-refractivity contribution < 1.29 is 14.3 Å². The van der Waals surface area contributed by atoms with Gasteiger partial charge in [0.2, 0.25) is 0 Å². The Morgan fingerprint density at radius 1 is 1.53 bits per heavy atom. The summed E-state index contributed by atoms with van der Waals surface area (Å²) in [4.78, 5) is 22.4. The molecule has 0 unspecified atom stereocenters. The maximum Gasteiger partial charge on any atom is 0.412 e. The summed E-state index contributed by atoms with van der Waals surface area (Å²) in [6.45, 7) is 5.34. The summed E-state index contributed by atoms with van der Waals surface area (Å²) in [5.74, 6) is 0. The fraction of sp³-hybridized carbons (Fsp3) is 0.400. The molecule has 0 aliphatic heterocycles. The standard InChI is InChI=1S/C10H13NO3S/c1-10(2,3)14-9(13)11-7-4-5-15-8(7)6-12/h4-6H,1-3H3,(H,11,13). The third kappa shape index (κ3) is 3.71. The molecule has 1 rings (SSSR count). The van der Waals surface area contributed by atoms with Crippen LogP contribution in [0.4, 0.5) is 10.5 Å². The van der Waals surface area contributed by atoms with Crippen molar-refractivity contribution in [3.8, 4) is 0 Å². The molecule has 5 heteroatoms. The smallest absolute Gasteiger partial charge is 0.412 e. The molecule has 1 heterocycles. The Kier molecular flexibility index (Phi) is 3.47. The Morgan fingerprint density at radius 2 is 2.20 bits per heavy atom. The summed E-state index contributed by atoms with van der Waals surface area (Å²) < 4.78 is 5.05. The van der Waals surface area contributed by atoms with E-state index in [2.05, 4.69) is 5.32 Å². The molecule has 1 N–H and O–H groups in total. The van der Waals surface area contributed by atoms with E-state index in [0.717, 1.165) is 0 Å². The number of nitrogens with one attached hydrogen (secondary N) is 1. The van der Waals surface area contributed by atoms with Crippen molar-refractivity contribution in [2.45, 2.75) is 26.4 Å². The van der Waals surface area contributed by atoms with Gasteiger partial charge in [0.1, 0.15) is 5.60 Å². The molecular formula is C10H13NO3S. The quantitative estimate of drug-likeness (QED) is 0.790. The monoisotopic (exact) mass is 227 g/mol. The van der Waals surface area contributed by atoms with E-state index in [0.29, 0.717) is 16.9 Å². The molecule has 0 radical (unpaired) electrons. The molecule has 0 saturated carbocycles. The van der Waals surface area contributed by atoms with Crippen LogP contribution in [-0.2, 0) is 4.74 Å². The van der Waals surface area contributed by atoms with Crippen LogP contribution >= 0.6 is 11.3 Å². The van der Waals surface area contributed by atoms with Crippen LogP contribution in [0.3, 0.4) is 0 Å². The van der Waals surface area contributed by atoms with Crippen LogP contribution < -0.4 is 5.32 Å². The van der Waals surface area contributed by atoms with Crippen LogP contribution in [0.5, 0.6) is 0 Å². The van der Waals surface area contributed by atoms with Crippen molar-refractivity contribution in [3.63, 3.8) is 0 Å². The Balaban J connectivity index is 2.63. The number of anilines is 1. The van der Waals surface area contributed by atoms with Gasteiger partial charge < -0.3 is 4.74 Å². The summed E-state index contributed by atoms with van der Waals surface area (Å²) >= 11 is 1.27. The zero-order valence-corrected chi connectivity index (χ0v) is 9.68. The first-order chi connectivity index (χ1) is 6.92. The largest absolute Gasteiger partial charge is 0.444 e. The number of ether oxygens (including phenoxy) is 1. The summed E-state index contributed by atoms with van der Waals surface area (Å²) in [7, 11) is 0. The molecule has 1 amide bonds. The van der Waals surface area contributed by atoms with Gasteiger partial charge in [-0.05, 0) is 32.2 Å². The van der Waals surface area contributed by atoms with Gasteiger partial charge in [-0.2, -0.15) is 0 Å². The van der Waals surface area contributed by atoms with Crippen molar-refractivity contribution in [3.05, 3.63) is 16.3 Å². The lowest BCUT2D eigenvalue weighted by atomic mass is 10.2. The summed E-state index contributed by atoms with van der Waals surface area (Å²) in [6.07, 6.45) is 0.154. The second kappa shape index (κ2) is 4.44. The van der Waals surface area contributed by atoms with Gasteiger partial charge in [-0.1, -0.05) is 0 Å². The number of carbonyl (C=O) groups excluding carboxylic acids is 2. The highest BCUT2D eigenvalue weighted by Gasteiger charge is 2.17. The number of carbonyl (C=O) groups is 2. The lowest BCUT2D eigenvalue weighted by molar-refractivity contribution is 0.0636. The number of hydrogen-bond acceptors (Lipinski definition) is 4. The van der Waals surface area contributed by atoms with E-state index < -0.39 is 11.7 Å². The van der Waals surface area contributed by atoms with Crippen molar-refractivity contribution in [1.29, 1.82) is 0 Å². The number of hydrogen-bond donors (Lipinski definition) is 1. The van der Waals surface area contributed by atoms with Crippen LogP contribution in [0.15, 0.2) is 11.4 Å². The predicted molar refractivity (Wildman–Crippen MR) is 59.6 cm³/mol.